The maximum absolute atomic E-state index is 6.33. The zero-order valence-electron chi connectivity index (χ0n) is 11.5. The summed E-state index contributed by atoms with van der Waals surface area (Å²) in [6, 6.07) is 0.678. The van der Waals surface area contributed by atoms with Crippen LogP contribution in [-0.2, 0) is 6.42 Å². The van der Waals surface area contributed by atoms with Crippen LogP contribution in [0.3, 0.4) is 0 Å². The molecule has 3 rings (SSSR count). The van der Waals surface area contributed by atoms with Gasteiger partial charge in [0, 0.05) is 12.0 Å². The van der Waals surface area contributed by atoms with Crippen molar-refractivity contribution in [2.75, 3.05) is 5.73 Å². The fraction of sp³-hybridized carbons (Fsp3) is 0.800. The molecular formula is C15H25N3. The Balaban J connectivity index is 1.71. The Morgan fingerprint density at radius 3 is 2.56 bits per heavy atom. The van der Waals surface area contributed by atoms with E-state index in [4.69, 9.17) is 10.7 Å². The molecule has 2 N–H and O–H groups in total. The van der Waals surface area contributed by atoms with Gasteiger partial charge in [-0.1, -0.05) is 26.2 Å². The maximum atomic E-state index is 6.33. The molecule has 1 heterocycles. The molecule has 0 aromatic carbocycles. The highest BCUT2D eigenvalue weighted by atomic mass is 15.2. The Morgan fingerprint density at radius 2 is 1.94 bits per heavy atom. The predicted molar refractivity (Wildman–Crippen MR) is 74.7 cm³/mol. The fourth-order valence-electron chi connectivity index (χ4n) is 2.76. The Bertz CT molecular complexity index is 414. The molecule has 0 atom stereocenters. The average Bonchev–Trinajstić information content (AvgIpc) is 3.25. The van der Waals surface area contributed by atoms with Crippen LogP contribution in [0.5, 0.6) is 0 Å². The molecule has 0 radical (unpaired) electrons. The topological polar surface area (TPSA) is 43.8 Å². The summed E-state index contributed by atoms with van der Waals surface area (Å²) in [6.07, 6.45) is 11.5. The highest BCUT2D eigenvalue weighted by molar-refractivity contribution is 5.41. The van der Waals surface area contributed by atoms with Gasteiger partial charge in [-0.15, -0.1) is 0 Å². The molecule has 0 bridgehead atoms. The second kappa shape index (κ2) is 4.94. The van der Waals surface area contributed by atoms with Crippen LogP contribution in [0, 0.1) is 0 Å². The molecule has 0 spiro atoms. The summed E-state index contributed by atoms with van der Waals surface area (Å²) in [5, 5.41) is 0. The molecule has 0 saturated heterocycles. The first kappa shape index (κ1) is 12.1. The van der Waals surface area contributed by atoms with Crippen LogP contribution in [0.2, 0.25) is 0 Å². The van der Waals surface area contributed by atoms with Gasteiger partial charge < -0.3 is 10.3 Å². The van der Waals surface area contributed by atoms with E-state index in [1.54, 1.807) is 0 Å². The molecule has 2 saturated carbocycles. The van der Waals surface area contributed by atoms with Crippen molar-refractivity contribution in [1.29, 1.82) is 0 Å². The normalized spacial score (nSPS) is 19.4. The lowest BCUT2D eigenvalue weighted by atomic mass is 10.1. The van der Waals surface area contributed by atoms with E-state index in [0.717, 1.165) is 18.2 Å². The zero-order valence-corrected chi connectivity index (χ0v) is 11.5. The first-order chi connectivity index (χ1) is 8.81. The number of hydrogen-bond donors (Lipinski definition) is 1. The highest BCUT2D eigenvalue weighted by Crippen LogP contribution is 2.46. The van der Waals surface area contributed by atoms with Crippen molar-refractivity contribution in [3.05, 3.63) is 11.5 Å². The third-order valence-electron chi connectivity index (χ3n) is 4.17. The van der Waals surface area contributed by atoms with Crippen molar-refractivity contribution >= 4 is 5.82 Å². The number of aromatic nitrogens is 2. The molecule has 0 amide bonds. The maximum Gasteiger partial charge on any atom is 0.127 e. The van der Waals surface area contributed by atoms with Crippen molar-refractivity contribution in [3.63, 3.8) is 0 Å². The molecule has 100 valence electrons. The molecule has 2 aliphatic rings. The van der Waals surface area contributed by atoms with E-state index >= 15 is 0 Å². The van der Waals surface area contributed by atoms with E-state index in [1.807, 2.05) is 0 Å². The number of anilines is 1. The largest absolute Gasteiger partial charge is 0.384 e. The van der Waals surface area contributed by atoms with Crippen molar-refractivity contribution in [3.8, 4) is 0 Å². The number of aryl methyl sites for hydroxylation is 1. The number of nitrogens with zero attached hydrogens (tertiary/aromatic N) is 2. The van der Waals surface area contributed by atoms with E-state index < -0.39 is 0 Å². The van der Waals surface area contributed by atoms with Gasteiger partial charge in [0.15, 0.2) is 0 Å². The molecule has 1 aromatic heterocycles. The Morgan fingerprint density at radius 1 is 1.17 bits per heavy atom. The lowest BCUT2D eigenvalue weighted by Gasteiger charge is -2.07. The molecule has 2 aliphatic carbocycles. The van der Waals surface area contributed by atoms with Crippen LogP contribution >= 0.6 is 0 Å². The lowest BCUT2D eigenvalue weighted by molar-refractivity contribution is 0.662. The monoisotopic (exact) mass is 247 g/mol. The van der Waals surface area contributed by atoms with Crippen LogP contribution in [0.25, 0.3) is 0 Å². The standard InChI is InChI=1S/C15H25N3/c1-2-3-4-5-6-13-14(16)18(12-9-10-12)15(17-13)11-7-8-11/h11-12H,2-10,16H2,1H3. The van der Waals surface area contributed by atoms with Crippen LogP contribution in [0.15, 0.2) is 0 Å². The molecular weight excluding hydrogens is 222 g/mol. The Labute approximate surface area is 110 Å². The first-order valence-electron chi connectivity index (χ1n) is 7.67. The second-order valence-corrected chi connectivity index (χ2v) is 5.99. The summed E-state index contributed by atoms with van der Waals surface area (Å²) in [7, 11) is 0. The van der Waals surface area contributed by atoms with Crippen LogP contribution in [0.1, 0.15) is 81.8 Å². The summed E-state index contributed by atoms with van der Waals surface area (Å²) in [4.78, 5) is 4.87. The van der Waals surface area contributed by atoms with Gasteiger partial charge in [-0.2, -0.15) is 0 Å². The third-order valence-corrected chi connectivity index (χ3v) is 4.17. The molecule has 0 aliphatic heterocycles. The van der Waals surface area contributed by atoms with Gasteiger partial charge in [-0.3, -0.25) is 0 Å². The summed E-state index contributed by atoms with van der Waals surface area (Å²) < 4.78 is 2.37. The zero-order chi connectivity index (χ0) is 12.5. The molecule has 1 aromatic rings. The van der Waals surface area contributed by atoms with E-state index in [-0.39, 0.29) is 0 Å². The molecule has 3 heteroatoms. The van der Waals surface area contributed by atoms with Gasteiger partial charge in [0.05, 0.1) is 5.69 Å². The van der Waals surface area contributed by atoms with Gasteiger partial charge in [-0.25, -0.2) is 4.98 Å². The molecule has 18 heavy (non-hydrogen) atoms. The number of unbranched alkanes of at least 4 members (excludes halogenated alkanes) is 3. The fourth-order valence-corrected chi connectivity index (χ4v) is 2.76. The lowest BCUT2D eigenvalue weighted by Crippen LogP contribution is -2.04. The van der Waals surface area contributed by atoms with E-state index in [1.165, 1.54) is 62.9 Å². The Kier molecular flexibility index (Phi) is 3.31. The summed E-state index contributed by atoms with van der Waals surface area (Å²) in [6.45, 7) is 2.25. The predicted octanol–water partition coefficient (Wildman–Crippen LogP) is 3.80. The second-order valence-electron chi connectivity index (χ2n) is 5.99. The van der Waals surface area contributed by atoms with Crippen molar-refractivity contribution in [1.82, 2.24) is 9.55 Å². The Hall–Kier alpha value is -0.990. The van der Waals surface area contributed by atoms with Crippen molar-refractivity contribution in [2.24, 2.45) is 0 Å². The number of imidazole rings is 1. The van der Waals surface area contributed by atoms with Crippen molar-refractivity contribution in [2.45, 2.75) is 76.7 Å². The number of nitrogens with two attached hydrogens (primary N) is 1. The SMILES string of the molecule is CCCCCCc1nc(C2CC2)n(C2CC2)c1N. The van der Waals surface area contributed by atoms with E-state index in [0.29, 0.717) is 6.04 Å². The van der Waals surface area contributed by atoms with Gasteiger partial charge in [-0.05, 0) is 38.5 Å². The van der Waals surface area contributed by atoms with Crippen LogP contribution in [-0.4, -0.2) is 9.55 Å². The van der Waals surface area contributed by atoms with Crippen LogP contribution in [0.4, 0.5) is 5.82 Å². The van der Waals surface area contributed by atoms with Gasteiger partial charge >= 0.3 is 0 Å². The number of hydrogen-bond acceptors (Lipinski definition) is 2. The summed E-state index contributed by atoms with van der Waals surface area (Å²) >= 11 is 0. The molecule has 3 nitrogen and oxygen atoms in total. The quantitative estimate of drug-likeness (QED) is 0.745. The molecule has 2 fully saturated rings. The average molecular weight is 247 g/mol. The summed E-state index contributed by atoms with van der Waals surface area (Å²) in [5.41, 5.74) is 7.51. The minimum Gasteiger partial charge on any atom is -0.384 e. The van der Waals surface area contributed by atoms with E-state index in [2.05, 4.69) is 11.5 Å². The number of rotatable bonds is 7. The third kappa shape index (κ3) is 2.40. The smallest absolute Gasteiger partial charge is 0.127 e. The van der Waals surface area contributed by atoms with Gasteiger partial charge in [0.1, 0.15) is 11.6 Å². The highest BCUT2D eigenvalue weighted by Gasteiger charge is 2.36. The first-order valence-corrected chi connectivity index (χ1v) is 7.67. The van der Waals surface area contributed by atoms with Gasteiger partial charge in [0.2, 0.25) is 0 Å². The molecule has 0 unspecified atom stereocenters. The van der Waals surface area contributed by atoms with Crippen molar-refractivity contribution < 1.29 is 0 Å². The summed E-state index contributed by atoms with van der Waals surface area (Å²) in [5.74, 6) is 3.01. The van der Waals surface area contributed by atoms with Crippen LogP contribution < -0.4 is 5.73 Å². The number of nitrogen functional groups attached to an aromatic ring is 1. The van der Waals surface area contributed by atoms with Gasteiger partial charge in [0.25, 0.3) is 0 Å². The van der Waals surface area contributed by atoms with E-state index in [9.17, 15) is 0 Å². The minimum absolute atomic E-state index is 0.678. The minimum atomic E-state index is 0.678.